The van der Waals surface area contributed by atoms with Crippen molar-refractivity contribution in [2.75, 3.05) is 0 Å². The van der Waals surface area contributed by atoms with Crippen LogP contribution in [0.5, 0.6) is 0 Å². The second-order valence-corrected chi connectivity index (χ2v) is 8.86. The molecule has 1 N–H and O–H groups in total. The molecule has 1 aliphatic heterocycles. The number of halogens is 1. The van der Waals surface area contributed by atoms with Crippen LogP contribution in [0.25, 0.3) is 10.4 Å². The van der Waals surface area contributed by atoms with Crippen LogP contribution in [0.4, 0.5) is 4.39 Å². The van der Waals surface area contributed by atoms with Gasteiger partial charge in [-0.15, -0.1) is 11.3 Å². The minimum Gasteiger partial charge on any atom is -0.393 e. The molecule has 1 fully saturated rings. The zero-order valence-corrected chi connectivity index (χ0v) is 17.0. The Bertz CT molecular complexity index is 937. The van der Waals surface area contributed by atoms with Crippen molar-refractivity contribution in [1.82, 2.24) is 0 Å². The predicted molar refractivity (Wildman–Crippen MR) is 112 cm³/mol. The maximum atomic E-state index is 13.2. The predicted octanol–water partition coefficient (Wildman–Crippen LogP) is 6.05. The third-order valence-corrected chi connectivity index (χ3v) is 6.52. The molecule has 28 heavy (non-hydrogen) atoms. The highest BCUT2D eigenvalue weighted by Crippen LogP contribution is 2.34. The normalized spacial score (nSPS) is 22.4. The van der Waals surface area contributed by atoms with E-state index in [2.05, 4.69) is 37.3 Å². The topological polar surface area (TPSA) is 29.5 Å². The maximum absolute atomic E-state index is 13.2. The van der Waals surface area contributed by atoms with Crippen molar-refractivity contribution in [3.63, 3.8) is 0 Å². The van der Waals surface area contributed by atoms with Crippen LogP contribution in [-0.2, 0) is 11.2 Å². The average Bonchev–Trinajstić information content (AvgIpc) is 3.12. The van der Waals surface area contributed by atoms with Crippen LogP contribution >= 0.6 is 11.3 Å². The zero-order valence-electron chi connectivity index (χ0n) is 16.2. The Balaban J connectivity index is 1.54. The molecule has 146 valence electrons. The van der Waals surface area contributed by atoms with Crippen LogP contribution < -0.4 is 0 Å². The first-order valence-corrected chi connectivity index (χ1v) is 10.6. The molecular formula is C24H25FO2S. The molecule has 0 radical (unpaired) electrons. The summed E-state index contributed by atoms with van der Waals surface area (Å²) in [6.07, 6.45) is 1.95. The summed E-state index contributed by atoms with van der Waals surface area (Å²) in [6.45, 7) is 4.15. The van der Waals surface area contributed by atoms with E-state index in [0.717, 1.165) is 22.4 Å². The molecule has 1 aromatic heterocycles. The fraction of sp³-hybridized carbons (Fsp3) is 0.333. The zero-order chi connectivity index (χ0) is 19.7. The largest absolute Gasteiger partial charge is 0.393 e. The Morgan fingerprint density at radius 1 is 1.07 bits per heavy atom. The number of thiophene rings is 1. The first kappa shape index (κ1) is 19.3. The Morgan fingerprint density at radius 2 is 1.86 bits per heavy atom. The van der Waals surface area contributed by atoms with Gasteiger partial charge in [-0.05, 0) is 66.8 Å². The first-order chi connectivity index (χ1) is 13.5. The van der Waals surface area contributed by atoms with E-state index in [1.807, 2.05) is 19.1 Å². The second-order valence-electron chi connectivity index (χ2n) is 7.70. The molecule has 4 heteroatoms. The van der Waals surface area contributed by atoms with Gasteiger partial charge in [-0.3, -0.25) is 0 Å². The van der Waals surface area contributed by atoms with Gasteiger partial charge < -0.3 is 9.84 Å². The summed E-state index contributed by atoms with van der Waals surface area (Å²) in [5.74, 6) is -0.211. The van der Waals surface area contributed by atoms with Crippen LogP contribution in [0.1, 0.15) is 47.4 Å². The van der Waals surface area contributed by atoms with Crippen LogP contribution in [-0.4, -0.2) is 17.3 Å². The van der Waals surface area contributed by atoms with E-state index in [9.17, 15) is 9.50 Å². The van der Waals surface area contributed by atoms with Gasteiger partial charge in [0.1, 0.15) is 5.82 Å². The van der Waals surface area contributed by atoms with Gasteiger partial charge in [0.25, 0.3) is 0 Å². The van der Waals surface area contributed by atoms with Crippen molar-refractivity contribution in [3.05, 3.63) is 82.0 Å². The van der Waals surface area contributed by atoms with E-state index in [1.165, 1.54) is 28.1 Å². The van der Waals surface area contributed by atoms with E-state index in [0.29, 0.717) is 12.8 Å². The molecule has 0 amide bonds. The summed E-state index contributed by atoms with van der Waals surface area (Å²) >= 11 is 1.74. The summed E-state index contributed by atoms with van der Waals surface area (Å²) in [4.78, 5) is 2.42. The Morgan fingerprint density at radius 3 is 2.61 bits per heavy atom. The summed E-state index contributed by atoms with van der Waals surface area (Å²) in [5, 5.41) is 10.1. The number of hydrogen-bond donors (Lipinski definition) is 1. The molecule has 2 heterocycles. The van der Waals surface area contributed by atoms with Crippen molar-refractivity contribution in [3.8, 4) is 10.4 Å². The number of benzene rings is 2. The monoisotopic (exact) mass is 396 g/mol. The lowest BCUT2D eigenvalue weighted by molar-refractivity contribution is -0.0895. The molecule has 3 aromatic rings. The average molecular weight is 397 g/mol. The van der Waals surface area contributed by atoms with E-state index in [-0.39, 0.29) is 24.1 Å². The van der Waals surface area contributed by atoms with E-state index < -0.39 is 0 Å². The lowest BCUT2D eigenvalue weighted by Gasteiger charge is -2.32. The lowest BCUT2D eigenvalue weighted by Crippen LogP contribution is -2.29. The van der Waals surface area contributed by atoms with E-state index in [1.54, 1.807) is 11.3 Å². The van der Waals surface area contributed by atoms with Crippen molar-refractivity contribution in [2.45, 2.75) is 51.4 Å². The number of aryl methyl sites for hydroxylation is 1. The van der Waals surface area contributed by atoms with E-state index >= 15 is 0 Å². The summed E-state index contributed by atoms with van der Waals surface area (Å²) in [7, 11) is 0. The molecule has 1 saturated heterocycles. The second kappa shape index (κ2) is 8.16. The van der Waals surface area contributed by atoms with Gasteiger partial charge in [-0.25, -0.2) is 4.39 Å². The lowest BCUT2D eigenvalue weighted by atomic mass is 9.93. The Labute approximate surface area is 169 Å². The smallest absolute Gasteiger partial charge is 0.123 e. The van der Waals surface area contributed by atoms with Gasteiger partial charge in [0, 0.05) is 22.6 Å². The number of rotatable bonds is 4. The minimum atomic E-state index is -0.297. The number of aliphatic hydroxyl groups is 1. The molecule has 0 aliphatic carbocycles. The molecule has 0 saturated carbocycles. The summed E-state index contributed by atoms with van der Waals surface area (Å²) < 4.78 is 19.2. The molecular weight excluding hydrogens is 371 g/mol. The standard InChI is InChI=1S/C24H25FO2S/c1-15-3-4-18(23-14-21(26)11-16(2)27-23)12-19(15)13-22-9-10-24(28-22)17-5-7-20(25)8-6-17/h3-10,12,16,21,23,26H,11,13-14H2,1-2H3/t16-,21+,23-/m1/s1. The fourth-order valence-electron chi connectivity index (χ4n) is 3.84. The molecule has 0 bridgehead atoms. The van der Waals surface area contributed by atoms with Gasteiger partial charge >= 0.3 is 0 Å². The third kappa shape index (κ3) is 4.35. The molecule has 3 atom stereocenters. The molecule has 4 rings (SSSR count). The first-order valence-electron chi connectivity index (χ1n) is 9.75. The SMILES string of the molecule is Cc1ccc([C@H]2C[C@@H](O)C[C@@H](C)O2)cc1Cc1ccc(-c2ccc(F)cc2)s1. The van der Waals surface area contributed by atoms with Crippen molar-refractivity contribution in [2.24, 2.45) is 0 Å². The van der Waals surface area contributed by atoms with E-state index in [4.69, 9.17) is 4.74 Å². The molecule has 2 nitrogen and oxygen atoms in total. The van der Waals surface area contributed by atoms with Crippen molar-refractivity contribution < 1.29 is 14.2 Å². The molecule has 0 unspecified atom stereocenters. The van der Waals surface area contributed by atoms with Gasteiger partial charge in [0.2, 0.25) is 0 Å². The number of ether oxygens (including phenoxy) is 1. The number of aliphatic hydroxyl groups excluding tert-OH is 1. The number of hydrogen-bond acceptors (Lipinski definition) is 3. The van der Waals surface area contributed by atoms with Gasteiger partial charge in [0.15, 0.2) is 0 Å². The van der Waals surface area contributed by atoms with Gasteiger partial charge in [0.05, 0.1) is 18.3 Å². The van der Waals surface area contributed by atoms with Crippen LogP contribution in [0.15, 0.2) is 54.6 Å². The highest BCUT2D eigenvalue weighted by atomic mass is 32.1. The highest BCUT2D eigenvalue weighted by molar-refractivity contribution is 7.15. The van der Waals surface area contributed by atoms with Crippen molar-refractivity contribution in [1.29, 1.82) is 0 Å². The van der Waals surface area contributed by atoms with Crippen LogP contribution in [0, 0.1) is 12.7 Å². The highest BCUT2D eigenvalue weighted by Gasteiger charge is 2.27. The molecule has 2 aromatic carbocycles. The third-order valence-electron chi connectivity index (χ3n) is 5.39. The Hall–Kier alpha value is -2.01. The van der Waals surface area contributed by atoms with Crippen molar-refractivity contribution >= 4 is 11.3 Å². The molecule has 1 aliphatic rings. The summed E-state index contributed by atoms with van der Waals surface area (Å²) in [5.41, 5.74) is 4.72. The van der Waals surface area contributed by atoms with Crippen LogP contribution in [0.2, 0.25) is 0 Å². The molecule has 0 spiro atoms. The summed E-state index contributed by atoms with van der Waals surface area (Å²) in [6, 6.07) is 17.4. The Kier molecular flexibility index (Phi) is 5.63. The minimum absolute atomic E-state index is 0.0452. The van der Waals surface area contributed by atoms with Gasteiger partial charge in [-0.2, -0.15) is 0 Å². The van der Waals surface area contributed by atoms with Gasteiger partial charge in [-0.1, -0.05) is 30.3 Å². The quantitative estimate of drug-likeness (QED) is 0.581. The van der Waals surface area contributed by atoms with Crippen LogP contribution in [0.3, 0.4) is 0 Å². The maximum Gasteiger partial charge on any atom is 0.123 e. The fourth-order valence-corrected chi connectivity index (χ4v) is 4.88.